The molecule has 0 spiro atoms. The van der Waals surface area contributed by atoms with Crippen LogP contribution >= 0.6 is 11.3 Å². The fourth-order valence-electron chi connectivity index (χ4n) is 1.73. The minimum absolute atomic E-state index is 0.226. The molecule has 2 rings (SSSR count). The summed E-state index contributed by atoms with van der Waals surface area (Å²) in [5.74, 6) is -0.226. The van der Waals surface area contributed by atoms with Crippen molar-refractivity contribution in [3.8, 4) is 11.3 Å². The van der Waals surface area contributed by atoms with E-state index in [1.54, 1.807) is 30.6 Å². The van der Waals surface area contributed by atoms with Crippen molar-refractivity contribution < 1.29 is 9.13 Å². The fourth-order valence-corrected chi connectivity index (χ4v) is 2.56. The molecule has 0 saturated carbocycles. The normalized spacial score (nSPS) is 10.7. The maximum atomic E-state index is 12.9. The van der Waals surface area contributed by atoms with Crippen molar-refractivity contribution in [3.05, 3.63) is 35.5 Å². The summed E-state index contributed by atoms with van der Waals surface area (Å²) in [6.07, 6.45) is 0.971. The summed E-state index contributed by atoms with van der Waals surface area (Å²) >= 11 is 1.59. The lowest BCUT2D eigenvalue weighted by atomic mass is 10.2. The standard InChI is InChI=1S/C14H17FN2OS/c1-17(8-3-9-18-2)14-16-13(10-19-14)11-4-6-12(15)7-5-11/h4-7,10H,3,8-9H2,1-2H3. The first-order chi connectivity index (χ1) is 9.20. The zero-order valence-corrected chi connectivity index (χ0v) is 11.9. The summed E-state index contributed by atoms with van der Waals surface area (Å²) in [5.41, 5.74) is 1.83. The first kappa shape index (κ1) is 14.0. The molecule has 102 valence electrons. The van der Waals surface area contributed by atoms with Crippen LogP contribution in [0.2, 0.25) is 0 Å². The highest BCUT2D eigenvalue weighted by Crippen LogP contribution is 2.26. The van der Waals surface area contributed by atoms with Crippen molar-refractivity contribution in [2.24, 2.45) is 0 Å². The maximum absolute atomic E-state index is 12.9. The number of aromatic nitrogens is 1. The van der Waals surface area contributed by atoms with Crippen LogP contribution in [0.25, 0.3) is 11.3 Å². The highest BCUT2D eigenvalue weighted by molar-refractivity contribution is 7.14. The van der Waals surface area contributed by atoms with Crippen molar-refractivity contribution in [3.63, 3.8) is 0 Å². The molecule has 0 aliphatic carbocycles. The van der Waals surface area contributed by atoms with Gasteiger partial charge in [0.1, 0.15) is 5.82 Å². The van der Waals surface area contributed by atoms with E-state index in [-0.39, 0.29) is 5.82 Å². The number of ether oxygens (including phenoxy) is 1. The molecule has 0 bridgehead atoms. The number of hydrogen-bond donors (Lipinski definition) is 0. The molecule has 3 nitrogen and oxygen atoms in total. The fraction of sp³-hybridized carbons (Fsp3) is 0.357. The van der Waals surface area contributed by atoms with Gasteiger partial charge in [-0.15, -0.1) is 11.3 Å². The van der Waals surface area contributed by atoms with Crippen LogP contribution in [0.4, 0.5) is 9.52 Å². The Labute approximate surface area is 116 Å². The molecule has 0 radical (unpaired) electrons. The van der Waals surface area contributed by atoms with Crippen molar-refractivity contribution in [2.45, 2.75) is 6.42 Å². The van der Waals surface area contributed by atoms with Gasteiger partial charge in [-0.25, -0.2) is 9.37 Å². The second kappa shape index (κ2) is 6.63. The average molecular weight is 280 g/mol. The molecule has 0 aliphatic heterocycles. The van der Waals surface area contributed by atoms with Gasteiger partial charge in [-0.05, 0) is 30.7 Å². The van der Waals surface area contributed by atoms with Crippen molar-refractivity contribution in [1.82, 2.24) is 4.98 Å². The molecule has 19 heavy (non-hydrogen) atoms. The Hall–Kier alpha value is -1.46. The Morgan fingerprint density at radius 3 is 2.74 bits per heavy atom. The SMILES string of the molecule is COCCCN(C)c1nc(-c2ccc(F)cc2)cs1. The van der Waals surface area contributed by atoms with Gasteiger partial charge in [0, 0.05) is 38.3 Å². The third-order valence-electron chi connectivity index (χ3n) is 2.80. The predicted molar refractivity (Wildman–Crippen MR) is 77.3 cm³/mol. The van der Waals surface area contributed by atoms with E-state index in [0.29, 0.717) is 0 Å². The maximum Gasteiger partial charge on any atom is 0.185 e. The summed E-state index contributed by atoms with van der Waals surface area (Å²) in [6.45, 7) is 1.66. The lowest BCUT2D eigenvalue weighted by Gasteiger charge is -2.14. The number of anilines is 1. The van der Waals surface area contributed by atoms with Gasteiger partial charge >= 0.3 is 0 Å². The number of methoxy groups -OCH3 is 1. The first-order valence-corrected chi connectivity index (χ1v) is 7.00. The third kappa shape index (κ3) is 3.75. The zero-order chi connectivity index (χ0) is 13.7. The van der Waals surface area contributed by atoms with Crippen molar-refractivity contribution in [2.75, 3.05) is 32.2 Å². The largest absolute Gasteiger partial charge is 0.385 e. The summed E-state index contributed by atoms with van der Waals surface area (Å²) < 4.78 is 17.9. The van der Waals surface area contributed by atoms with Crippen LogP contribution < -0.4 is 4.90 Å². The third-order valence-corrected chi connectivity index (χ3v) is 3.76. The Bertz CT molecular complexity index is 512. The molecule has 1 aromatic carbocycles. The Morgan fingerprint density at radius 1 is 1.32 bits per heavy atom. The Kier molecular flexibility index (Phi) is 4.87. The summed E-state index contributed by atoms with van der Waals surface area (Å²) in [6, 6.07) is 6.41. The zero-order valence-electron chi connectivity index (χ0n) is 11.1. The topological polar surface area (TPSA) is 25.4 Å². The van der Waals surface area contributed by atoms with E-state index < -0.39 is 0 Å². The second-order valence-electron chi connectivity index (χ2n) is 4.29. The monoisotopic (exact) mass is 280 g/mol. The quantitative estimate of drug-likeness (QED) is 0.758. The molecule has 0 saturated heterocycles. The van der Waals surface area contributed by atoms with E-state index in [1.165, 1.54) is 12.1 Å². The van der Waals surface area contributed by atoms with Gasteiger partial charge in [-0.1, -0.05) is 0 Å². The van der Waals surface area contributed by atoms with Gasteiger partial charge < -0.3 is 9.64 Å². The van der Waals surface area contributed by atoms with E-state index >= 15 is 0 Å². The molecule has 0 amide bonds. The molecular weight excluding hydrogens is 263 g/mol. The summed E-state index contributed by atoms with van der Waals surface area (Å²) in [7, 11) is 3.72. The van der Waals surface area contributed by atoms with Crippen LogP contribution in [0.15, 0.2) is 29.6 Å². The summed E-state index contributed by atoms with van der Waals surface area (Å²) in [5, 5.41) is 2.96. The minimum atomic E-state index is -0.226. The van der Waals surface area contributed by atoms with Crippen LogP contribution in [0, 0.1) is 5.82 Å². The highest BCUT2D eigenvalue weighted by atomic mass is 32.1. The van der Waals surface area contributed by atoms with E-state index in [9.17, 15) is 4.39 Å². The summed E-state index contributed by atoms with van der Waals surface area (Å²) in [4.78, 5) is 6.68. The van der Waals surface area contributed by atoms with E-state index in [4.69, 9.17) is 4.74 Å². The molecule has 1 heterocycles. The van der Waals surface area contributed by atoms with E-state index in [2.05, 4.69) is 9.88 Å². The number of nitrogens with zero attached hydrogens (tertiary/aromatic N) is 2. The van der Waals surface area contributed by atoms with Crippen LogP contribution in [0.5, 0.6) is 0 Å². The molecule has 0 unspecified atom stereocenters. The molecular formula is C14H17FN2OS. The number of rotatable bonds is 6. The second-order valence-corrected chi connectivity index (χ2v) is 5.13. The first-order valence-electron chi connectivity index (χ1n) is 6.12. The van der Waals surface area contributed by atoms with Gasteiger partial charge in [-0.3, -0.25) is 0 Å². The molecule has 0 N–H and O–H groups in total. The van der Waals surface area contributed by atoms with Gasteiger partial charge in [0.15, 0.2) is 5.13 Å². The minimum Gasteiger partial charge on any atom is -0.385 e. The number of hydrogen-bond acceptors (Lipinski definition) is 4. The number of thiazole rings is 1. The molecule has 2 aromatic rings. The van der Waals surface area contributed by atoms with E-state index in [1.807, 2.05) is 12.4 Å². The van der Waals surface area contributed by atoms with Crippen LogP contribution in [0.1, 0.15) is 6.42 Å². The van der Waals surface area contributed by atoms with Crippen LogP contribution in [-0.2, 0) is 4.74 Å². The molecule has 0 fully saturated rings. The van der Waals surface area contributed by atoms with Crippen LogP contribution in [-0.4, -0.2) is 32.3 Å². The average Bonchev–Trinajstić information content (AvgIpc) is 2.89. The lowest BCUT2D eigenvalue weighted by Crippen LogP contribution is -2.19. The van der Waals surface area contributed by atoms with Crippen molar-refractivity contribution >= 4 is 16.5 Å². The molecule has 1 aromatic heterocycles. The van der Waals surface area contributed by atoms with Crippen LogP contribution in [0.3, 0.4) is 0 Å². The Morgan fingerprint density at radius 2 is 2.05 bits per heavy atom. The molecule has 0 aliphatic rings. The highest BCUT2D eigenvalue weighted by Gasteiger charge is 2.08. The number of halogens is 1. The van der Waals surface area contributed by atoms with Gasteiger partial charge in [0.25, 0.3) is 0 Å². The van der Waals surface area contributed by atoms with Gasteiger partial charge in [-0.2, -0.15) is 0 Å². The lowest BCUT2D eigenvalue weighted by molar-refractivity contribution is 0.196. The molecule has 0 atom stereocenters. The Balaban J connectivity index is 2.04. The predicted octanol–water partition coefficient (Wildman–Crippen LogP) is 3.42. The van der Waals surface area contributed by atoms with Gasteiger partial charge in [0.2, 0.25) is 0 Å². The molecule has 5 heteroatoms. The smallest absolute Gasteiger partial charge is 0.185 e. The van der Waals surface area contributed by atoms with Crippen molar-refractivity contribution in [1.29, 1.82) is 0 Å². The van der Waals surface area contributed by atoms with Gasteiger partial charge in [0.05, 0.1) is 5.69 Å². The number of benzene rings is 1. The van der Waals surface area contributed by atoms with E-state index in [0.717, 1.165) is 36.0 Å².